The van der Waals surface area contributed by atoms with Crippen LogP contribution in [0.2, 0.25) is 10.0 Å². The average Bonchev–Trinajstić information content (AvgIpc) is 2.74. The van der Waals surface area contributed by atoms with E-state index in [1.165, 1.54) is 23.2 Å². The van der Waals surface area contributed by atoms with E-state index in [0.29, 0.717) is 18.0 Å². The summed E-state index contributed by atoms with van der Waals surface area (Å²) in [6, 6.07) is 4.36. The summed E-state index contributed by atoms with van der Waals surface area (Å²) in [6.45, 7) is 1.90. The van der Waals surface area contributed by atoms with Gasteiger partial charge in [-0.3, -0.25) is 4.79 Å². The van der Waals surface area contributed by atoms with Gasteiger partial charge in [0.15, 0.2) is 0 Å². The minimum Gasteiger partial charge on any atom is -0.272 e. The minimum atomic E-state index is -4.57. The third-order valence-corrected chi connectivity index (χ3v) is 4.02. The molecule has 1 aromatic rings. The number of unbranched alkanes of at least 4 members (excludes halogenated alkanes) is 1. The average molecular weight is 355 g/mol. The van der Waals surface area contributed by atoms with Gasteiger partial charge in [-0.1, -0.05) is 36.5 Å². The molecule has 0 N–H and O–H groups in total. The number of amides is 1. The van der Waals surface area contributed by atoms with E-state index in [4.69, 9.17) is 23.2 Å². The molecule has 1 fully saturated rings. The van der Waals surface area contributed by atoms with Crippen LogP contribution in [0.25, 0.3) is 0 Å². The zero-order valence-corrected chi connectivity index (χ0v) is 13.3. The molecule has 1 aliphatic heterocycles. The predicted molar refractivity (Wildman–Crippen MR) is 80.0 cm³/mol. The van der Waals surface area contributed by atoms with E-state index >= 15 is 0 Å². The van der Waals surface area contributed by atoms with Crippen molar-refractivity contribution in [3.05, 3.63) is 28.2 Å². The Morgan fingerprint density at radius 2 is 2.00 bits per heavy atom. The standard InChI is InChI=1S/C14H15Cl2F3N2O/c1-2-3-6-20-8-10(14(17,18)19)13(22)21(20)12-5-4-9(15)7-11(12)16/h4-5,7,10H,2-3,6,8H2,1H3. The number of carbonyl (C=O) groups is 1. The van der Waals surface area contributed by atoms with Crippen molar-refractivity contribution in [2.45, 2.75) is 25.9 Å². The highest BCUT2D eigenvalue weighted by Gasteiger charge is 2.53. The zero-order valence-electron chi connectivity index (χ0n) is 11.8. The highest BCUT2D eigenvalue weighted by Crippen LogP contribution is 2.39. The molecule has 0 bridgehead atoms. The molecule has 1 saturated heterocycles. The fourth-order valence-corrected chi connectivity index (χ4v) is 2.85. The van der Waals surface area contributed by atoms with Gasteiger partial charge in [0, 0.05) is 18.1 Å². The zero-order chi connectivity index (χ0) is 16.5. The fraction of sp³-hybridized carbons (Fsp3) is 0.500. The topological polar surface area (TPSA) is 23.6 Å². The number of hydrogen-bond acceptors (Lipinski definition) is 2. The van der Waals surface area contributed by atoms with Crippen LogP contribution in [0, 0.1) is 5.92 Å². The molecule has 0 saturated carbocycles. The number of carbonyl (C=O) groups excluding carboxylic acids is 1. The quantitative estimate of drug-likeness (QED) is 0.792. The summed E-state index contributed by atoms with van der Waals surface area (Å²) in [4.78, 5) is 12.2. The highest BCUT2D eigenvalue weighted by molar-refractivity contribution is 6.36. The summed E-state index contributed by atoms with van der Waals surface area (Å²) in [6.07, 6.45) is -3.08. The molecule has 1 unspecified atom stereocenters. The molecule has 0 radical (unpaired) electrons. The first-order valence-electron chi connectivity index (χ1n) is 6.86. The SMILES string of the molecule is CCCCN1CC(C(F)(F)F)C(=O)N1c1ccc(Cl)cc1Cl. The number of halogens is 5. The van der Waals surface area contributed by atoms with Crippen LogP contribution in [-0.4, -0.2) is 30.2 Å². The van der Waals surface area contributed by atoms with Crippen molar-refractivity contribution in [1.29, 1.82) is 0 Å². The summed E-state index contributed by atoms with van der Waals surface area (Å²) < 4.78 is 39.1. The molecule has 0 aromatic heterocycles. The molecule has 1 aromatic carbocycles. The first-order valence-corrected chi connectivity index (χ1v) is 7.62. The van der Waals surface area contributed by atoms with Crippen LogP contribution >= 0.6 is 23.2 Å². The number of benzene rings is 1. The number of rotatable bonds is 4. The van der Waals surface area contributed by atoms with Gasteiger partial charge >= 0.3 is 6.18 Å². The van der Waals surface area contributed by atoms with Gasteiger partial charge in [0.05, 0.1) is 10.7 Å². The van der Waals surface area contributed by atoms with Gasteiger partial charge in [0.25, 0.3) is 5.91 Å². The Hall–Kier alpha value is -0.980. The molecular formula is C14H15Cl2F3N2O. The Morgan fingerprint density at radius 3 is 2.55 bits per heavy atom. The van der Waals surface area contributed by atoms with Crippen molar-refractivity contribution >= 4 is 34.8 Å². The third-order valence-electron chi connectivity index (χ3n) is 3.49. The van der Waals surface area contributed by atoms with Crippen molar-refractivity contribution in [2.75, 3.05) is 18.1 Å². The molecule has 1 atom stereocenters. The molecule has 122 valence electrons. The second-order valence-corrected chi connectivity index (χ2v) is 5.95. The van der Waals surface area contributed by atoms with E-state index in [1.54, 1.807) is 0 Å². The van der Waals surface area contributed by atoms with Gasteiger partial charge in [0.1, 0.15) is 5.92 Å². The van der Waals surface area contributed by atoms with Crippen LogP contribution in [0.4, 0.5) is 18.9 Å². The number of hydrogen-bond donors (Lipinski definition) is 0. The molecule has 1 heterocycles. The normalized spacial score (nSPS) is 20.0. The summed E-state index contributed by atoms with van der Waals surface area (Å²) >= 11 is 11.8. The molecule has 8 heteroatoms. The van der Waals surface area contributed by atoms with E-state index in [2.05, 4.69) is 0 Å². The molecule has 0 spiro atoms. The van der Waals surface area contributed by atoms with Crippen LogP contribution in [0.3, 0.4) is 0 Å². The van der Waals surface area contributed by atoms with Crippen molar-refractivity contribution in [2.24, 2.45) is 5.92 Å². The molecule has 3 nitrogen and oxygen atoms in total. The van der Waals surface area contributed by atoms with Gasteiger partial charge in [0.2, 0.25) is 0 Å². The Morgan fingerprint density at radius 1 is 1.32 bits per heavy atom. The molecule has 2 rings (SSSR count). The largest absolute Gasteiger partial charge is 0.401 e. The maximum Gasteiger partial charge on any atom is 0.401 e. The lowest BCUT2D eigenvalue weighted by Gasteiger charge is -2.28. The fourth-order valence-electron chi connectivity index (χ4n) is 2.36. The maximum atomic E-state index is 13.0. The van der Waals surface area contributed by atoms with E-state index in [1.807, 2.05) is 6.92 Å². The number of nitrogens with zero attached hydrogens (tertiary/aromatic N) is 2. The third kappa shape index (κ3) is 3.50. The Bertz CT molecular complexity index is 566. The van der Waals surface area contributed by atoms with Gasteiger partial charge in [-0.05, 0) is 24.6 Å². The summed E-state index contributed by atoms with van der Waals surface area (Å²) in [5.41, 5.74) is 0.221. The minimum absolute atomic E-state index is 0.144. The van der Waals surface area contributed by atoms with Crippen LogP contribution in [0.15, 0.2) is 18.2 Å². The van der Waals surface area contributed by atoms with Gasteiger partial charge in [-0.2, -0.15) is 13.2 Å². The molecule has 22 heavy (non-hydrogen) atoms. The lowest BCUT2D eigenvalue weighted by atomic mass is 10.1. The predicted octanol–water partition coefficient (Wildman–Crippen LogP) is 4.54. The number of anilines is 1. The van der Waals surface area contributed by atoms with Gasteiger partial charge < -0.3 is 0 Å². The van der Waals surface area contributed by atoms with E-state index < -0.39 is 18.0 Å². The molecular weight excluding hydrogens is 340 g/mol. The monoisotopic (exact) mass is 354 g/mol. The Balaban J connectivity index is 2.37. The summed E-state index contributed by atoms with van der Waals surface area (Å²) in [5, 5.41) is 2.93. The van der Waals surface area contributed by atoms with Crippen molar-refractivity contribution in [3.63, 3.8) is 0 Å². The molecule has 1 amide bonds. The lowest BCUT2D eigenvalue weighted by molar-refractivity contribution is -0.175. The smallest absolute Gasteiger partial charge is 0.272 e. The van der Waals surface area contributed by atoms with Crippen molar-refractivity contribution in [1.82, 2.24) is 5.01 Å². The van der Waals surface area contributed by atoms with Crippen LogP contribution in [0.5, 0.6) is 0 Å². The van der Waals surface area contributed by atoms with Gasteiger partial charge in [-0.15, -0.1) is 0 Å². The van der Waals surface area contributed by atoms with Gasteiger partial charge in [-0.25, -0.2) is 10.0 Å². The van der Waals surface area contributed by atoms with E-state index in [9.17, 15) is 18.0 Å². The van der Waals surface area contributed by atoms with E-state index in [-0.39, 0.29) is 17.3 Å². The molecule has 0 aliphatic carbocycles. The number of alkyl halides is 3. The lowest BCUT2D eigenvalue weighted by Crippen LogP contribution is -2.40. The summed E-state index contributed by atoms with van der Waals surface area (Å²) in [7, 11) is 0. The summed E-state index contributed by atoms with van der Waals surface area (Å²) in [5.74, 6) is -3.04. The maximum absolute atomic E-state index is 13.0. The van der Waals surface area contributed by atoms with E-state index in [0.717, 1.165) is 11.4 Å². The number of hydrazine groups is 1. The van der Waals surface area contributed by atoms with Crippen LogP contribution in [-0.2, 0) is 4.79 Å². The van der Waals surface area contributed by atoms with Crippen molar-refractivity contribution in [3.8, 4) is 0 Å². The Labute approximate surface area is 136 Å². The second-order valence-electron chi connectivity index (χ2n) is 5.11. The highest BCUT2D eigenvalue weighted by atomic mass is 35.5. The van der Waals surface area contributed by atoms with Crippen molar-refractivity contribution < 1.29 is 18.0 Å². The first-order chi connectivity index (χ1) is 10.3. The Kier molecular flexibility index (Phi) is 5.25. The van der Waals surface area contributed by atoms with Crippen LogP contribution < -0.4 is 5.01 Å². The molecule has 1 aliphatic rings. The van der Waals surface area contributed by atoms with Crippen LogP contribution in [0.1, 0.15) is 19.8 Å². The second kappa shape index (κ2) is 6.64. The first kappa shape index (κ1) is 17.4.